The molecule has 3 rings (SSSR count). The summed E-state index contributed by atoms with van der Waals surface area (Å²) in [5, 5.41) is 22.0. The molecule has 2 aliphatic heterocycles. The van der Waals surface area contributed by atoms with Crippen LogP contribution in [-0.4, -0.2) is 62.4 Å². The van der Waals surface area contributed by atoms with E-state index in [-0.39, 0.29) is 18.6 Å². The van der Waals surface area contributed by atoms with Crippen molar-refractivity contribution >= 4 is 17.7 Å². The molecule has 2 fully saturated rings. The molecule has 3 heterocycles. The molecule has 0 saturated carbocycles. The molecule has 0 spiro atoms. The van der Waals surface area contributed by atoms with Gasteiger partial charge in [0.2, 0.25) is 0 Å². The molecule has 10 heteroatoms. The monoisotopic (exact) mass is 357 g/mol. The van der Waals surface area contributed by atoms with Crippen LogP contribution in [0, 0.1) is 0 Å². The Morgan fingerprint density at radius 2 is 2.17 bits per heavy atom. The van der Waals surface area contributed by atoms with Crippen molar-refractivity contribution in [1.29, 1.82) is 0 Å². The molecule has 1 aromatic rings. The number of carbonyl (C=O) groups excluding carboxylic acids is 1. The first-order valence-electron chi connectivity index (χ1n) is 7.70. The first-order chi connectivity index (χ1) is 11.5. The summed E-state index contributed by atoms with van der Waals surface area (Å²) in [5.41, 5.74) is -1.21. The summed E-state index contributed by atoms with van der Waals surface area (Å²) < 4.78 is 6.38. The van der Waals surface area contributed by atoms with Crippen molar-refractivity contribution < 1.29 is 19.7 Å². The number of nitrogens with one attached hydrogen (secondary N) is 2. The van der Waals surface area contributed by atoms with Crippen molar-refractivity contribution in [3.8, 4) is 0 Å². The average Bonchev–Trinajstić information content (AvgIpc) is 3.17. The van der Waals surface area contributed by atoms with E-state index < -0.39 is 34.1 Å². The van der Waals surface area contributed by atoms with Gasteiger partial charge in [-0.05, 0) is 19.4 Å². The zero-order chi connectivity index (χ0) is 17.3. The van der Waals surface area contributed by atoms with Crippen molar-refractivity contribution in [3.63, 3.8) is 0 Å². The van der Waals surface area contributed by atoms with Gasteiger partial charge in [0.15, 0.2) is 0 Å². The molecule has 0 aliphatic carbocycles. The number of ether oxygens (including phenoxy) is 1. The molecule has 0 aromatic carbocycles. The number of esters is 1. The number of carbonyl (C=O) groups is 1. The van der Waals surface area contributed by atoms with E-state index in [2.05, 4.69) is 10.3 Å². The molecule has 9 nitrogen and oxygen atoms in total. The Morgan fingerprint density at radius 3 is 2.83 bits per heavy atom. The molecular formula is C14H19N3O6S. The molecule has 0 bridgehead atoms. The second-order valence-corrected chi connectivity index (χ2v) is 7.20. The average molecular weight is 357 g/mol. The Morgan fingerprint density at radius 1 is 1.38 bits per heavy atom. The van der Waals surface area contributed by atoms with Gasteiger partial charge in [-0.25, -0.2) is 4.79 Å². The summed E-state index contributed by atoms with van der Waals surface area (Å²) in [4.78, 5) is 37.0. The first kappa shape index (κ1) is 17.2. The van der Waals surface area contributed by atoms with Gasteiger partial charge >= 0.3 is 11.7 Å². The molecule has 0 radical (unpaired) electrons. The van der Waals surface area contributed by atoms with Gasteiger partial charge in [0.05, 0.1) is 11.4 Å². The molecule has 5 atom stereocenters. The summed E-state index contributed by atoms with van der Waals surface area (Å²) in [5.74, 6) is -0.376. The third kappa shape index (κ3) is 3.41. The fourth-order valence-electron chi connectivity index (χ4n) is 2.87. The molecule has 0 amide bonds. The van der Waals surface area contributed by atoms with Crippen LogP contribution in [-0.2, 0) is 9.53 Å². The van der Waals surface area contributed by atoms with Crippen molar-refractivity contribution in [3.05, 3.63) is 33.1 Å². The minimum absolute atomic E-state index is 0.0610. The number of aliphatic hydroxyl groups excluding tert-OH is 2. The molecule has 24 heavy (non-hydrogen) atoms. The highest BCUT2D eigenvalue weighted by atomic mass is 32.2. The van der Waals surface area contributed by atoms with Crippen LogP contribution < -0.4 is 16.6 Å². The largest absolute Gasteiger partial charge is 0.463 e. The van der Waals surface area contributed by atoms with Crippen LogP contribution in [0.5, 0.6) is 0 Å². The van der Waals surface area contributed by atoms with Gasteiger partial charge < -0.3 is 20.3 Å². The summed E-state index contributed by atoms with van der Waals surface area (Å²) in [7, 11) is 0. The molecule has 4 N–H and O–H groups in total. The van der Waals surface area contributed by atoms with Crippen LogP contribution in [0.2, 0.25) is 0 Å². The standard InChI is InChI=1S/C14H19N3O6S/c18-9-3-5-17(14(22)16-9)12-11(20)10(19)8(24-12)6-23-13(21)7-2-1-4-15-7/h3,5,7-8,10-12,15,19-20H,1-2,4,6H2,(H,16,18,22)/t7-,8+,10?,11?,12+/m0/s1. The number of aromatic amines is 1. The number of hydrogen-bond donors (Lipinski definition) is 4. The maximum atomic E-state index is 11.9. The van der Waals surface area contributed by atoms with Crippen molar-refractivity contribution in [1.82, 2.24) is 14.9 Å². The highest BCUT2D eigenvalue weighted by Crippen LogP contribution is 2.41. The maximum Gasteiger partial charge on any atom is 0.329 e. The number of hydrogen-bond acceptors (Lipinski definition) is 8. The minimum Gasteiger partial charge on any atom is -0.463 e. The van der Waals surface area contributed by atoms with E-state index in [1.165, 1.54) is 12.3 Å². The van der Waals surface area contributed by atoms with Crippen LogP contribution in [0.25, 0.3) is 0 Å². The quantitative estimate of drug-likeness (QED) is 0.462. The van der Waals surface area contributed by atoms with Gasteiger partial charge in [0.1, 0.15) is 24.1 Å². The zero-order valence-corrected chi connectivity index (χ0v) is 13.6. The fraction of sp³-hybridized carbons (Fsp3) is 0.643. The molecule has 2 saturated heterocycles. The molecule has 132 valence electrons. The Balaban J connectivity index is 1.65. The van der Waals surface area contributed by atoms with Crippen molar-refractivity contribution in [2.24, 2.45) is 0 Å². The fourth-order valence-corrected chi connectivity index (χ4v) is 4.32. The lowest BCUT2D eigenvalue weighted by Crippen LogP contribution is -2.38. The molecular weight excluding hydrogens is 338 g/mol. The van der Waals surface area contributed by atoms with Crippen LogP contribution >= 0.6 is 11.8 Å². The third-order valence-electron chi connectivity index (χ3n) is 4.20. The molecule has 1 aromatic heterocycles. The van der Waals surface area contributed by atoms with Gasteiger partial charge in [0.25, 0.3) is 5.56 Å². The Hall–Kier alpha value is -1.62. The number of aliphatic hydroxyl groups is 2. The lowest BCUT2D eigenvalue weighted by Gasteiger charge is -2.17. The van der Waals surface area contributed by atoms with E-state index >= 15 is 0 Å². The lowest BCUT2D eigenvalue weighted by atomic mass is 10.1. The second kappa shape index (κ2) is 7.09. The molecule has 2 aliphatic rings. The second-order valence-electron chi connectivity index (χ2n) is 5.84. The smallest absolute Gasteiger partial charge is 0.329 e. The third-order valence-corrected chi connectivity index (χ3v) is 5.75. The number of nitrogens with zero attached hydrogens (tertiary/aromatic N) is 1. The summed E-state index contributed by atoms with van der Waals surface area (Å²) in [6.45, 7) is 0.713. The number of H-pyrrole nitrogens is 1. The summed E-state index contributed by atoms with van der Waals surface area (Å²) >= 11 is 1.13. The van der Waals surface area contributed by atoms with Gasteiger partial charge in [-0.1, -0.05) is 0 Å². The summed E-state index contributed by atoms with van der Waals surface area (Å²) in [6.07, 6.45) is 0.536. The van der Waals surface area contributed by atoms with Crippen LogP contribution in [0.1, 0.15) is 18.2 Å². The predicted octanol–water partition coefficient (Wildman–Crippen LogP) is -1.83. The minimum atomic E-state index is -1.22. The van der Waals surface area contributed by atoms with E-state index in [1.54, 1.807) is 0 Å². The van der Waals surface area contributed by atoms with Gasteiger partial charge in [-0.15, -0.1) is 11.8 Å². The predicted molar refractivity (Wildman–Crippen MR) is 85.7 cm³/mol. The zero-order valence-electron chi connectivity index (χ0n) is 12.8. The van der Waals surface area contributed by atoms with Crippen LogP contribution in [0.4, 0.5) is 0 Å². The van der Waals surface area contributed by atoms with E-state index in [1.807, 2.05) is 0 Å². The van der Waals surface area contributed by atoms with Crippen molar-refractivity contribution in [2.45, 2.75) is 41.7 Å². The van der Waals surface area contributed by atoms with E-state index in [9.17, 15) is 24.6 Å². The highest BCUT2D eigenvalue weighted by Gasteiger charge is 2.44. The normalized spacial score (nSPS) is 32.8. The maximum absolute atomic E-state index is 11.9. The lowest BCUT2D eigenvalue weighted by molar-refractivity contribution is -0.146. The first-order valence-corrected chi connectivity index (χ1v) is 8.65. The van der Waals surface area contributed by atoms with Gasteiger partial charge in [0, 0.05) is 12.3 Å². The molecule has 2 unspecified atom stereocenters. The van der Waals surface area contributed by atoms with Crippen molar-refractivity contribution in [2.75, 3.05) is 13.2 Å². The Bertz CT molecular complexity index is 713. The SMILES string of the molecule is O=C(OC[C@H]1S[C@@H](n2ccc(=O)[nH]c2=O)C(O)C1O)[C@@H]1CCCN1. The highest BCUT2D eigenvalue weighted by molar-refractivity contribution is 8.00. The Labute approximate surface area is 141 Å². The van der Waals surface area contributed by atoms with Gasteiger partial charge in [-0.2, -0.15) is 0 Å². The van der Waals surface area contributed by atoms with E-state index in [0.717, 1.165) is 35.7 Å². The topological polar surface area (TPSA) is 134 Å². The van der Waals surface area contributed by atoms with Crippen LogP contribution in [0.3, 0.4) is 0 Å². The van der Waals surface area contributed by atoms with E-state index in [0.29, 0.717) is 0 Å². The Kier molecular flexibility index (Phi) is 5.09. The number of aromatic nitrogens is 2. The summed E-state index contributed by atoms with van der Waals surface area (Å²) in [6, 6.07) is 0.844. The van der Waals surface area contributed by atoms with Gasteiger partial charge in [-0.3, -0.25) is 19.1 Å². The number of thioether (sulfide) groups is 1. The van der Waals surface area contributed by atoms with Crippen LogP contribution in [0.15, 0.2) is 21.9 Å². The number of rotatable bonds is 4. The van der Waals surface area contributed by atoms with E-state index in [4.69, 9.17) is 4.74 Å².